The number of carbonyl (C=O) groups excluding carboxylic acids is 1. The molecule has 166 valence electrons. The quantitative estimate of drug-likeness (QED) is 0.479. The SMILES string of the molecule is CN(C)S(=O)(=O)c1ccc(Oc2cc(C(=O)Nc3ccn(C)n3)cc3nn(C)cc23)cc1. The Balaban J connectivity index is 1.66. The second-order valence-corrected chi connectivity index (χ2v) is 9.55. The highest BCUT2D eigenvalue weighted by atomic mass is 32.2. The number of ether oxygens (including phenoxy) is 1. The van der Waals surface area contributed by atoms with Crippen LogP contribution in [0.3, 0.4) is 0 Å². The van der Waals surface area contributed by atoms with Crippen LogP contribution in [0.2, 0.25) is 0 Å². The molecule has 0 fully saturated rings. The summed E-state index contributed by atoms with van der Waals surface area (Å²) in [7, 11) is 2.94. The molecule has 32 heavy (non-hydrogen) atoms. The molecule has 0 saturated carbocycles. The van der Waals surface area contributed by atoms with Gasteiger partial charge >= 0.3 is 0 Å². The molecule has 1 N–H and O–H groups in total. The fraction of sp³-hybridized carbons (Fsp3) is 0.190. The van der Waals surface area contributed by atoms with Crippen LogP contribution < -0.4 is 10.1 Å². The average Bonchev–Trinajstić information content (AvgIpc) is 3.32. The van der Waals surface area contributed by atoms with Gasteiger partial charge in [-0.15, -0.1) is 0 Å². The lowest BCUT2D eigenvalue weighted by atomic mass is 10.1. The van der Waals surface area contributed by atoms with Crippen molar-refractivity contribution in [2.75, 3.05) is 19.4 Å². The molecule has 0 aliphatic rings. The van der Waals surface area contributed by atoms with Crippen molar-refractivity contribution in [1.29, 1.82) is 0 Å². The third-order valence-corrected chi connectivity index (χ3v) is 6.58. The summed E-state index contributed by atoms with van der Waals surface area (Å²) in [5.41, 5.74) is 0.937. The van der Waals surface area contributed by atoms with Gasteiger partial charge in [-0.3, -0.25) is 14.2 Å². The number of nitrogens with zero attached hydrogens (tertiary/aromatic N) is 5. The number of benzene rings is 2. The van der Waals surface area contributed by atoms with Crippen molar-refractivity contribution in [3.05, 3.63) is 60.4 Å². The van der Waals surface area contributed by atoms with Crippen LogP contribution >= 0.6 is 0 Å². The average molecular weight is 455 g/mol. The molecular weight excluding hydrogens is 432 g/mol. The smallest absolute Gasteiger partial charge is 0.257 e. The molecule has 2 aromatic carbocycles. The van der Waals surface area contributed by atoms with Crippen molar-refractivity contribution in [3.8, 4) is 11.5 Å². The van der Waals surface area contributed by atoms with E-state index in [0.717, 1.165) is 4.31 Å². The number of sulfonamides is 1. The summed E-state index contributed by atoms with van der Waals surface area (Å²) in [6, 6.07) is 11.1. The molecule has 0 aliphatic heterocycles. The van der Waals surface area contributed by atoms with Crippen LogP contribution in [0, 0.1) is 0 Å². The number of hydrogen-bond acceptors (Lipinski definition) is 6. The Morgan fingerprint density at radius 2 is 1.75 bits per heavy atom. The number of hydrogen-bond donors (Lipinski definition) is 1. The molecule has 0 aliphatic carbocycles. The summed E-state index contributed by atoms with van der Waals surface area (Å²) in [6.45, 7) is 0. The first-order chi connectivity index (χ1) is 15.1. The molecule has 0 atom stereocenters. The van der Waals surface area contributed by atoms with E-state index in [-0.39, 0.29) is 10.8 Å². The summed E-state index contributed by atoms with van der Waals surface area (Å²) in [4.78, 5) is 12.9. The van der Waals surface area contributed by atoms with Crippen LogP contribution in [-0.2, 0) is 24.1 Å². The number of aryl methyl sites for hydroxylation is 2. The topological polar surface area (TPSA) is 111 Å². The Kier molecular flexibility index (Phi) is 5.45. The van der Waals surface area contributed by atoms with Crippen LogP contribution in [0.5, 0.6) is 11.5 Å². The number of anilines is 1. The number of amides is 1. The minimum atomic E-state index is -3.54. The van der Waals surface area contributed by atoms with Crippen molar-refractivity contribution >= 4 is 32.7 Å². The molecule has 2 heterocycles. The van der Waals surface area contributed by atoms with Gasteiger partial charge in [0.25, 0.3) is 5.91 Å². The first-order valence-electron chi connectivity index (χ1n) is 9.62. The van der Waals surface area contributed by atoms with Crippen molar-refractivity contribution in [3.63, 3.8) is 0 Å². The van der Waals surface area contributed by atoms with E-state index in [1.807, 2.05) is 0 Å². The molecule has 0 spiro atoms. The normalized spacial score (nSPS) is 11.8. The summed E-state index contributed by atoms with van der Waals surface area (Å²) in [5.74, 6) is 0.924. The van der Waals surface area contributed by atoms with E-state index in [2.05, 4.69) is 15.5 Å². The number of nitrogens with one attached hydrogen (secondary N) is 1. The van der Waals surface area contributed by atoms with Crippen LogP contribution in [0.1, 0.15) is 10.4 Å². The van der Waals surface area contributed by atoms with Crippen molar-refractivity contribution in [2.45, 2.75) is 4.90 Å². The molecule has 2 aromatic heterocycles. The predicted octanol–water partition coefficient (Wildman–Crippen LogP) is 2.60. The van der Waals surface area contributed by atoms with Crippen LogP contribution in [0.4, 0.5) is 5.82 Å². The number of fused-ring (bicyclic) bond motifs is 1. The third-order valence-electron chi connectivity index (χ3n) is 4.75. The van der Waals surface area contributed by atoms with Crippen molar-refractivity contribution in [1.82, 2.24) is 23.9 Å². The van der Waals surface area contributed by atoms with Gasteiger partial charge in [-0.1, -0.05) is 0 Å². The lowest BCUT2D eigenvalue weighted by molar-refractivity contribution is 0.102. The zero-order valence-corrected chi connectivity index (χ0v) is 18.8. The van der Waals surface area contributed by atoms with Crippen molar-refractivity contribution < 1.29 is 17.9 Å². The molecule has 10 nitrogen and oxygen atoms in total. The number of rotatable bonds is 6. The van der Waals surface area contributed by atoms with Crippen molar-refractivity contribution in [2.24, 2.45) is 14.1 Å². The second kappa shape index (κ2) is 8.09. The first kappa shape index (κ1) is 21.5. The minimum absolute atomic E-state index is 0.157. The zero-order chi connectivity index (χ0) is 23.0. The van der Waals surface area contributed by atoms with Gasteiger partial charge in [0.15, 0.2) is 5.82 Å². The summed E-state index contributed by atoms with van der Waals surface area (Å²) < 4.78 is 34.9. The second-order valence-electron chi connectivity index (χ2n) is 7.40. The fourth-order valence-electron chi connectivity index (χ4n) is 3.11. The molecular formula is C21H22N6O4S. The van der Waals surface area contributed by atoms with E-state index in [1.165, 1.54) is 26.2 Å². The molecule has 0 unspecified atom stereocenters. The molecule has 4 rings (SSSR count). The highest BCUT2D eigenvalue weighted by molar-refractivity contribution is 7.89. The molecule has 1 amide bonds. The van der Waals surface area contributed by atoms with E-state index in [1.54, 1.807) is 66.2 Å². The predicted molar refractivity (Wildman–Crippen MR) is 119 cm³/mol. The minimum Gasteiger partial charge on any atom is -0.457 e. The lowest BCUT2D eigenvalue weighted by Gasteiger charge is -2.12. The maximum absolute atomic E-state index is 12.8. The largest absolute Gasteiger partial charge is 0.457 e. The van der Waals surface area contributed by atoms with Gasteiger partial charge in [0, 0.05) is 52.2 Å². The summed E-state index contributed by atoms with van der Waals surface area (Å²) >= 11 is 0. The molecule has 0 radical (unpaired) electrons. The van der Waals surface area contributed by atoms with Gasteiger partial charge in [-0.2, -0.15) is 10.2 Å². The van der Waals surface area contributed by atoms with Gasteiger partial charge in [-0.05, 0) is 36.4 Å². The molecule has 0 saturated heterocycles. The maximum Gasteiger partial charge on any atom is 0.257 e. The Hall–Kier alpha value is -3.70. The van der Waals surface area contributed by atoms with E-state index in [4.69, 9.17) is 4.74 Å². The molecule has 4 aromatic rings. The van der Waals surface area contributed by atoms with Gasteiger partial charge < -0.3 is 10.1 Å². The Morgan fingerprint density at radius 3 is 2.38 bits per heavy atom. The first-order valence-corrected chi connectivity index (χ1v) is 11.1. The molecule has 11 heteroatoms. The highest BCUT2D eigenvalue weighted by Crippen LogP contribution is 2.32. The van der Waals surface area contributed by atoms with E-state index < -0.39 is 10.0 Å². The number of carbonyl (C=O) groups is 1. The highest BCUT2D eigenvalue weighted by Gasteiger charge is 2.18. The third kappa shape index (κ3) is 4.20. The lowest BCUT2D eigenvalue weighted by Crippen LogP contribution is -2.22. The van der Waals surface area contributed by atoms with E-state index >= 15 is 0 Å². The Labute approximate surface area is 185 Å². The fourth-order valence-corrected chi connectivity index (χ4v) is 4.01. The summed E-state index contributed by atoms with van der Waals surface area (Å²) in [5, 5.41) is 12.0. The zero-order valence-electron chi connectivity index (χ0n) is 18.0. The van der Waals surface area contributed by atoms with Crippen LogP contribution in [-0.4, -0.2) is 52.3 Å². The molecule has 0 bridgehead atoms. The summed E-state index contributed by atoms with van der Waals surface area (Å²) in [6.07, 6.45) is 3.52. The monoisotopic (exact) mass is 454 g/mol. The van der Waals surface area contributed by atoms with Crippen LogP contribution in [0.25, 0.3) is 10.9 Å². The standard InChI is InChI=1S/C21H22N6O4S/c1-25(2)32(29,30)16-7-5-15(6-8-16)31-19-12-14(11-18-17(19)13-27(4)23-18)21(28)22-20-9-10-26(3)24-20/h5-13H,1-4H3,(H,22,24,28). The van der Waals surface area contributed by atoms with E-state index in [9.17, 15) is 13.2 Å². The van der Waals surface area contributed by atoms with Gasteiger partial charge in [0.2, 0.25) is 10.0 Å². The maximum atomic E-state index is 12.8. The van der Waals surface area contributed by atoms with E-state index in [0.29, 0.717) is 33.8 Å². The van der Waals surface area contributed by atoms with Crippen LogP contribution in [0.15, 0.2) is 59.8 Å². The Morgan fingerprint density at radius 1 is 1.03 bits per heavy atom. The van der Waals surface area contributed by atoms with Gasteiger partial charge in [-0.25, -0.2) is 12.7 Å². The number of aromatic nitrogens is 4. The van der Waals surface area contributed by atoms with Gasteiger partial charge in [0.05, 0.1) is 15.8 Å². The van der Waals surface area contributed by atoms with Gasteiger partial charge in [0.1, 0.15) is 11.5 Å². The Bertz CT molecular complexity index is 1400.